The number of phenolic OH excluding ortho intramolecular Hbond substituents is 1. The zero-order valence-electron chi connectivity index (χ0n) is 8.42. The molecule has 0 fully saturated rings. The van der Waals surface area contributed by atoms with Crippen molar-refractivity contribution in [3.05, 3.63) is 24.3 Å². The summed E-state index contributed by atoms with van der Waals surface area (Å²) in [6, 6.07) is 4.40. The molecule has 0 atom stereocenters. The van der Waals surface area contributed by atoms with Crippen molar-refractivity contribution in [1.29, 1.82) is 0 Å². The molecule has 1 N–H and O–H groups in total. The Morgan fingerprint density at radius 2 is 1.87 bits per heavy atom. The maximum absolute atomic E-state index is 12.6. The molecule has 0 saturated carbocycles. The molecule has 1 rings (SSSR count). The van der Waals surface area contributed by atoms with Crippen LogP contribution in [-0.2, 0) is 0 Å². The van der Waals surface area contributed by atoms with Crippen LogP contribution in [0.2, 0.25) is 0 Å². The Kier molecular flexibility index (Phi) is 3.12. The average Bonchev–Trinajstić information content (AvgIpc) is 1.99. The van der Waals surface area contributed by atoms with E-state index in [4.69, 9.17) is 5.11 Å². The molecule has 0 saturated heterocycles. The fraction of sp³-hybridized carbons (Fsp3) is 0.400. The first-order valence-electron chi connectivity index (χ1n) is 4.47. The first-order chi connectivity index (χ1) is 6.82. The second kappa shape index (κ2) is 4.00. The maximum Gasteiger partial charge on any atom is 0.485 e. The van der Waals surface area contributed by atoms with Crippen molar-refractivity contribution in [2.24, 2.45) is 0 Å². The average molecular weight is 219 g/mol. The molecule has 0 aliphatic heterocycles. The van der Waals surface area contributed by atoms with Crippen molar-refractivity contribution in [3.63, 3.8) is 0 Å². The third-order valence-electron chi connectivity index (χ3n) is 1.90. The summed E-state index contributed by atoms with van der Waals surface area (Å²) in [4.78, 5) is 0.298. The van der Waals surface area contributed by atoms with Gasteiger partial charge in [0.25, 0.3) is 0 Å². The van der Waals surface area contributed by atoms with Crippen molar-refractivity contribution in [2.75, 3.05) is 4.90 Å². The van der Waals surface area contributed by atoms with Crippen LogP contribution in [0.5, 0.6) is 5.75 Å². The summed E-state index contributed by atoms with van der Waals surface area (Å²) in [5, 5.41) is 9.12. The molecule has 2 nitrogen and oxygen atoms in total. The van der Waals surface area contributed by atoms with Crippen LogP contribution in [0, 0.1) is 0 Å². The van der Waals surface area contributed by atoms with Crippen molar-refractivity contribution >= 4 is 5.69 Å². The lowest BCUT2D eigenvalue weighted by Gasteiger charge is -2.30. The van der Waals surface area contributed by atoms with Crippen LogP contribution in [-0.4, -0.2) is 17.4 Å². The molecule has 0 aliphatic rings. The molecule has 5 heteroatoms. The summed E-state index contributed by atoms with van der Waals surface area (Å²) in [7, 11) is 0. The maximum atomic E-state index is 12.6. The minimum atomic E-state index is -4.44. The molecule has 0 aromatic heterocycles. The number of phenols is 1. The van der Waals surface area contributed by atoms with Gasteiger partial charge in [0.1, 0.15) is 5.75 Å². The largest absolute Gasteiger partial charge is 0.508 e. The van der Waals surface area contributed by atoms with Crippen LogP contribution in [0.1, 0.15) is 13.8 Å². The highest BCUT2D eigenvalue weighted by molar-refractivity contribution is 5.51. The molecule has 15 heavy (non-hydrogen) atoms. The number of nitrogens with zero attached hydrogens (tertiary/aromatic N) is 1. The number of halogens is 3. The van der Waals surface area contributed by atoms with E-state index in [-0.39, 0.29) is 11.4 Å². The molecule has 0 unspecified atom stereocenters. The number of aromatic hydroxyl groups is 1. The summed E-state index contributed by atoms with van der Waals surface area (Å²) in [6.45, 7) is 2.88. The second-order valence-corrected chi connectivity index (χ2v) is 3.45. The van der Waals surface area contributed by atoms with Crippen molar-refractivity contribution < 1.29 is 18.3 Å². The highest BCUT2D eigenvalue weighted by Crippen LogP contribution is 2.32. The number of anilines is 1. The van der Waals surface area contributed by atoms with E-state index in [9.17, 15) is 13.2 Å². The quantitative estimate of drug-likeness (QED) is 0.772. The van der Waals surface area contributed by atoms with Gasteiger partial charge in [0, 0.05) is 17.8 Å². The summed E-state index contributed by atoms with van der Waals surface area (Å²) in [5.74, 6) is -0.178. The third kappa shape index (κ3) is 2.78. The third-order valence-corrected chi connectivity index (χ3v) is 1.90. The normalized spacial score (nSPS) is 11.9. The summed E-state index contributed by atoms with van der Waals surface area (Å²) in [5.41, 5.74) is -0.0579. The molecule has 0 heterocycles. The molecular weight excluding hydrogens is 207 g/mol. The smallest absolute Gasteiger partial charge is 0.485 e. The second-order valence-electron chi connectivity index (χ2n) is 3.45. The lowest BCUT2D eigenvalue weighted by molar-refractivity contribution is -0.133. The number of hydrogen-bond acceptors (Lipinski definition) is 2. The van der Waals surface area contributed by atoms with E-state index in [0.717, 1.165) is 6.07 Å². The Labute approximate surface area is 85.9 Å². The van der Waals surface area contributed by atoms with Gasteiger partial charge in [-0.15, -0.1) is 0 Å². The monoisotopic (exact) mass is 219 g/mol. The van der Waals surface area contributed by atoms with Crippen LogP contribution in [0.25, 0.3) is 0 Å². The molecule has 1 aromatic rings. The molecule has 0 radical (unpaired) electrons. The highest BCUT2D eigenvalue weighted by atomic mass is 19.4. The van der Waals surface area contributed by atoms with Crippen LogP contribution in [0.3, 0.4) is 0 Å². The van der Waals surface area contributed by atoms with Crippen LogP contribution in [0.4, 0.5) is 18.9 Å². The Hall–Kier alpha value is -1.39. The molecule has 0 spiro atoms. The topological polar surface area (TPSA) is 23.5 Å². The van der Waals surface area contributed by atoms with Gasteiger partial charge in [0.2, 0.25) is 0 Å². The minimum Gasteiger partial charge on any atom is -0.508 e. The number of alkyl halides is 3. The van der Waals surface area contributed by atoms with Gasteiger partial charge < -0.3 is 5.11 Å². The first-order valence-corrected chi connectivity index (χ1v) is 4.47. The molecule has 1 aromatic carbocycles. The fourth-order valence-electron chi connectivity index (χ4n) is 1.38. The van der Waals surface area contributed by atoms with Crippen LogP contribution >= 0.6 is 0 Å². The van der Waals surface area contributed by atoms with Gasteiger partial charge in [-0.2, -0.15) is 13.2 Å². The van der Waals surface area contributed by atoms with Gasteiger partial charge in [-0.1, -0.05) is 6.07 Å². The standard InChI is InChI=1S/C10H12F3NO/c1-7(2)14(10(11,12)13)8-4-3-5-9(15)6-8/h3-7,15H,1-2H3. The summed E-state index contributed by atoms with van der Waals surface area (Å²) < 4.78 is 37.9. The summed E-state index contributed by atoms with van der Waals surface area (Å²) in [6.07, 6.45) is -4.44. The van der Waals surface area contributed by atoms with Crippen LogP contribution in [0.15, 0.2) is 24.3 Å². The molecule has 0 amide bonds. The Morgan fingerprint density at radius 3 is 2.27 bits per heavy atom. The predicted molar refractivity (Wildman–Crippen MR) is 51.8 cm³/mol. The summed E-state index contributed by atoms with van der Waals surface area (Å²) >= 11 is 0. The zero-order chi connectivity index (χ0) is 11.6. The predicted octanol–water partition coefficient (Wildman–Crippen LogP) is 3.13. The minimum absolute atomic E-state index is 0.0579. The van der Waals surface area contributed by atoms with E-state index in [1.54, 1.807) is 0 Å². The van der Waals surface area contributed by atoms with E-state index in [2.05, 4.69) is 0 Å². The zero-order valence-corrected chi connectivity index (χ0v) is 8.42. The van der Waals surface area contributed by atoms with Gasteiger partial charge in [0.15, 0.2) is 0 Å². The van der Waals surface area contributed by atoms with Crippen molar-refractivity contribution in [3.8, 4) is 5.75 Å². The highest BCUT2D eigenvalue weighted by Gasteiger charge is 2.39. The van der Waals surface area contributed by atoms with E-state index in [1.807, 2.05) is 0 Å². The Morgan fingerprint density at radius 1 is 1.27 bits per heavy atom. The van der Waals surface area contributed by atoms with Gasteiger partial charge >= 0.3 is 6.30 Å². The Balaban J connectivity index is 3.11. The number of rotatable bonds is 2. The van der Waals surface area contributed by atoms with E-state index in [0.29, 0.717) is 4.90 Å². The van der Waals surface area contributed by atoms with Gasteiger partial charge in [-0.25, -0.2) is 0 Å². The van der Waals surface area contributed by atoms with E-state index >= 15 is 0 Å². The lowest BCUT2D eigenvalue weighted by Crippen LogP contribution is -2.43. The molecular formula is C10H12F3NO. The SMILES string of the molecule is CC(C)N(c1cccc(O)c1)C(F)(F)F. The van der Waals surface area contributed by atoms with Gasteiger partial charge in [-0.05, 0) is 26.0 Å². The first kappa shape index (κ1) is 11.7. The molecule has 84 valence electrons. The van der Waals surface area contributed by atoms with Gasteiger partial charge in [-0.3, -0.25) is 4.90 Å². The van der Waals surface area contributed by atoms with E-state index < -0.39 is 12.3 Å². The number of benzene rings is 1. The van der Waals surface area contributed by atoms with Crippen molar-refractivity contribution in [1.82, 2.24) is 0 Å². The van der Waals surface area contributed by atoms with Gasteiger partial charge in [0.05, 0.1) is 0 Å². The fourth-order valence-corrected chi connectivity index (χ4v) is 1.38. The van der Waals surface area contributed by atoms with Crippen molar-refractivity contribution in [2.45, 2.75) is 26.2 Å². The Bertz CT molecular complexity index is 336. The number of hydrogen-bond donors (Lipinski definition) is 1. The molecule has 0 bridgehead atoms. The molecule has 0 aliphatic carbocycles. The lowest BCUT2D eigenvalue weighted by atomic mass is 10.2. The van der Waals surface area contributed by atoms with Crippen LogP contribution < -0.4 is 4.90 Å². The van der Waals surface area contributed by atoms with E-state index in [1.165, 1.54) is 32.0 Å².